The molecule has 0 aliphatic rings. The number of hydrogen-bond acceptors (Lipinski definition) is 4. The lowest BCUT2D eigenvalue weighted by atomic mass is 9.99. The number of carbonyl (C=O) groups excluding carboxylic acids is 1. The molecular formula is C11H20O5. The molecule has 0 fully saturated rings. The Labute approximate surface area is 95.4 Å². The predicted molar refractivity (Wildman–Crippen MR) is 57.9 cm³/mol. The van der Waals surface area contributed by atoms with Crippen molar-refractivity contribution < 1.29 is 24.5 Å². The van der Waals surface area contributed by atoms with Crippen molar-refractivity contribution in [2.24, 2.45) is 5.92 Å². The highest BCUT2D eigenvalue weighted by Gasteiger charge is 2.20. The highest BCUT2D eigenvalue weighted by Crippen LogP contribution is 2.11. The van der Waals surface area contributed by atoms with Gasteiger partial charge >= 0.3 is 11.9 Å². The second kappa shape index (κ2) is 8.10. The Morgan fingerprint density at radius 2 is 1.94 bits per heavy atom. The average Bonchev–Trinajstić information content (AvgIpc) is 2.23. The van der Waals surface area contributed by atoms with Gasteiger partial charge in [-0.2, -0.15) is 0 Å². The third-order valence-corrected chi connectivity index (χ3v) is 2.29. The molecule has 0 aromatic heterocycles. The number of aliphatic carboxylic acids is 1. The largest absolute Gasteiger partial charge is 0.481 e. The molecule has 0 aliphatic carbocycles. The Balaban J connectivity index is 3.84. The Kier molecular flexibility index (Phi) is 7.54. The standard InChI is InChI=1S/C11H20O5/c1-3-5-10(13)16-7-9(12)6-8(4-2)11(14)15/h8-9,12H,3-7H2,1-2H3,(H,14,15). The number of hydrogen-bond donors (Lipinski definition) is 2. The molecule has 5 heteroatoms. The van der Waals surface area contributed by atoms with Crippen LogP contribution < -0.4 is 0 Å². The highest BCUT2D eigenvalue weighted by molar-refractivity contribution is 5.70. The summed E-state index contributed by atoms with van der Waals surface area (Å²) in [5.41, 5.74) is 0. The Bertz CT molecular complexity index is 226. The van der Waals surface area contributed by atoms with Crippen LogP contribution in [0, 0.1) is 5.92 Å². The van der Waals surface area contributed by atoms with E-state index in [-0.39, 0.29) is 19.0 Å². The first-order chi connectivity index (χ1) is 7.51. The Morgan fingerprint density at radius 1 is 1.31 bits per heavy atom. The van der Waals surface area contributed by atoms with Crippen LogP contribution in [0.3, 0.4) is 0 Å². The van der Waals surface area contributed by atoms with Gasteiger partial charge in [-0.15, -0.1) is 0 Å². The van der Waals surface area contributed by atoms with E-state index in [1.54, 1.807) is 6.92 Å². The molecule has 2 unspecified atom stereocenters. The van der Waals surface area contributed by atoms with Gasteiger partial charge in [0.2, 0.25) is 0 Å². The van der Waals surface area contributed by atoms with E-state index in [9.17, 15) is 14.7 Å². The molecule has 2 atom stereocenters. The fourth-order valence-corrected chi connectivity index (χ4v) is 1.30. The number of ether oxygens (including phenoxy) is 1. The van der Waals surface area contributed by atoms with Crippen molar-refractivity contribution in [3.8, 4) is 0 Å². The van der Waals surface area contributed by atoms with Crippen molar-refractivity contribution >= 4 is 11.9 Å². The smallest absolute Gasteiger partial charge is 0.306 e. The molecule has 0 amide bonds. The lowest BCUT2D eigenvalue weighted by Gasteiger charge is -2.15. The van der Waals surface area contributed by atoms with Gasteiger partial charge < -0.3 is 14.9 Å². The number of carboxylic acid groups (broad SMARTS) is 1. The number of carboxylic acids is 1. The molecule has 0 heterocycles. The van der Waals surface area contributed by atoms with Crippen molar-refractivity contribution in [3.63, 3.8) is 0 Å². The Hall–Kier alpha value is -1.10. The number of rotatable bonds is 8. The number of esters is 1. The van der Waals surface area contributed by atoms with Gasteiger partial charge in [-0.1, -0.05) is 13.8 Å². The summed E-state index contributed by atoms with van der Waals surface area (Å²) in [4.78, 5) is 21.7. The first-order valence-electron chi connectivity index (χ1n) is 5.57. The quantitative estimate of drug-likeness (QED) is 0.614. The fourth-order valence-electron chi connectivity index (χ4n) is 1.30. The number of aliphatic hydroxyl groups excluding tert-OH is 1. The molecule has 0 saturated heterocycles. The second-order valence-electron chi connectivity index (χ2n) is 3.77. The summed E-state index contributed by atoms with van der Waals surface area (Å²) in [7, 11) is 0. The molecular weight excluding hydrogens is 212 g/mol. The van der Waals surface area contributed by atoms with Crippen molar-refractivity contribution in [1.82, 2.24) is 0 Å². The Morgan fingerprint density at radius 3 is 2.38 bits per heavy atom. The van der Waals surface area contributed by atoms with Crippen molar-refractivity contribution in [1.29, 1.82) is 0 Å². The third-order valence-electron chi connectivity index (χ3n) is 2.29. The van der Waals surface area contributed by atoms with Crippen LogP contribution in [0.2, 0.25) is 0 Å². The minimum atomic E-state index is -0.929. The number of carbonyl (C=O) groups is 2. The zero-order chi connectivity index (χ0) is 12.6. The zero-order valence-electron chi connectivity index (χ0n) is 9.81. The van der Waals surface area contributed by atoms with Gasteiger partial charge in [-0.25, -0.2) is 0 Å². The summed E-state index contributed by atoms with van der Waals surface area (Å²) in [5.74, 6) is -1.87. The van der Waals surface area contributed by atoms with Gasteiger partial charge in [0.15, 0.2) is 0 Å². The van der Waals surface area contributed by atoms with E-state index in [2.05, 4.69) is 0 Å². The molecule has 5 nitrogen and oxygen atoms in total. The molecule has 0 bridgehead atoms. The summed E-state index contributed by atoms with van der Waals surface area (Å²) in [6, 6.07) is 0. The topological polar surface area (TPSA) is 83.8 Å². The summed E-state index contributed by atoms with van der Waals surface area (Å²) >= 11 is 0. The fraction of sp³-hybridized carbons (Fsp3) is 0.818. The predicted octanol–water partition coefficient (Wildman–Crippen LogP) is 1.19. The average molecular weight is 232 g/mol. The maximum atomic E-state index is 11.0. The van der Waals surface area contributed by atoms with E-state index in [1.165, 1.54) is 0 Å². The minimum Gasteiger partial charge on any atom is -0.481 e. The molecule has 0 rings (SSSR count). The van der Waals surface area contributed by atoms with Crippen molar-refractivity contribution in [2.75, 3.05) is 6.61 Å². The van der Waals surface area contributed by atoms with Gasteiger partial charge in [0.25, 0.3) is 0 Å². The van der Waals surface area contributed by atoms with Gasteiger partial charge in [0.05, 0.1) is 12.0 Å². The molecule has 16 heavy (non-hydrogen) atoms. The summed E-state index contributed by atoms with van der Waals surface area (Å²) < 4.78 is 4.79. The second-order valence-corrected chi connectivity index (χ2v) is 3.77. The molecule has 94 valence electrons. The maximum Gasteiger partial charge on any atom is 0.306 e. The van der Waals surface area contributed by atoms with E-state index in [0.29, 0.717) is 19.3 Å². The van der Waals surface area contributed by atoms with Crippen molar-refractivity contribution in [2.45, 2.75) is 45.6 Å². The van der Waals surface area contributed by atoms with Crippen LogP contribution >= 0.6 is 0 Å². The van der Waals surface area contributed by atoms with Crippen LogP contribution in [0.25, 0.3) is 0 Å². The van der Waals surface area contributed by atoms with Crippen LogP contribution in [0.5, 0.6) is 0 Å². The third kappa shape index (κ3) is 6.40. The molecule has 0 aromatic carbocycles. The molecule has 2 N–H and O–H groups in total. The van der Waals surface area contributed by atoms with E-state index >= 15 is 0 Å². The highest BCUT2D eigenvalue weighted by atomic mass is 16.5. The molecule has 0 aliphatic heterocycles. The van der Waals surface area contributed by atoms with Crippen LogP contribution in [-0.4, -0.2) is 34.9 Å². The normalized spacial score (nSPS) is 14.2. The van der Waals surface area contributed by atoms with Gasteiger partial charge in [0.1, 0.15) is 6.61 Å². The SMILES string of the molecule is CCCC(=O)OCC(O)CC(CC)C(=O)O. The van der Waals surface area contributed by atoms with Crippen molar-refractivity contribution in [3.05, 3.63) is 0 Å². The van der Waals surface area contributed by atoms with E-state index in [4.69, 9.17) is 9.84 Å². The zero-order valence-corrected chi connectivity index (χ0v) is 9.81. The maximum absolute atomic E-state index is 11.0. The lowest BCUT2D eigenvalue weighted by Crippen LogP contribution is -2.25. The summed E-state index contributed by atoms with van der Waals surface area (Å²) in [5, 5.41) is 18.2. The molecule has 0 aromatic rings. The minimum absolute atomic E-state index is 0.116. The van der Waals surface area contributed by atoms with Crippen LogP contribution in [0.4, 0.5) is 0 Å². The lowest BCUT2D eigenvalue weighted by molar-refractivity contribution is -0.148. The van der Waals surface area contributed by atoms with Crippen LogP contribution in [-0.2, 0) is 14.3 Å². The first kappa shape index (κ1) is 14.9. The molecule has 0 saturated carbocycles. The van der Waals surface area contributed by atoms with Gasteiger partial charge in [0, 0.05) is 6.42 Å². The van der Waals surface area contributed by atoms with Crippen LogP contribution in [0.1, 0.15) is 39.5 Å². The van der Waals surface area contributed by atoms with Gasteiger partial charge in [-0.3, -0.25) is 9.59 Å². The van der Waals surface area contributed by atoms with Gasteiger partial charge in [-0.05, 0) is 19.3 Å². The summed E-state index contributed by atoms with van der Waals surface area (Å²) in [6.07, 6.45) is 0.687. The number of aliphatic hydroxyl groups is 1. The van der Waals surface area contributed by atoms with E-state index in [1.807, 2.05) is 6.92 Å². The van der Waals surface area contributed by atoms with E-state index < -0.39 is 18.0 Å². The van der Waals surface area contributed by atoms with E-state index in [0.717, 1.165) is 0 Å². The van der Waals surface area contributed by atoms with Crippen LogP contribution in [0.15, 0.2) is 0 Å². The molecule has 0 radical (unpaired) electrons. The molecule has 0 spiro atoms. The summed E-state index contributed by atoms with van der Waals surface area (Å²) in [6.45, 7) is 3.48. The monoisotopic (exact) mass is 232 g/mol. The first-order valence-corrected chi connectivity index (χ1v) is 5.57.